The largest absolute Gasteiger partial charge is 0.508 e. The van der Waals surface area contributed by atoms with Gasteiger partial charge in [0, 0.05) is 24.1 Å². The van der Waals surface area contributed by atoms with E-state index in [0.717, 1.165) is 30.8 Å². The molecule has 0 aromatic heterocycles. The molecule has 2 fully saturated rings. The van der Waals surface area contributed by atoms with Crippen LogP contribution in [0.1, 0.15) is 11.1 Å². The molecule has 1 aromatic carbocycles. The second-order valence-electron chi connectivity index (χ2n) is 4.45. The Labute approximate surface area is 94.0 Å². The van der Waals surface area contributed by atoms with Gasteiger partial charge in [-0.3, -0.25) is 0 Å². The average Bonchev–Trinajstić information content (AvgIpc) is 3.11. The summed E-state index contributed by atoms with van der Waals surface area (Å²) in [5.41, 5.74) is 8.65. The first-order chi connectivity index (χ1) is 7.74. The molecule has 2 atom stereocenters. The van der Waals surface area contributed by atoms with E-state index in [1.165, 1.54) is 0 Å². The zero-order valence-electron chi connectivity index (χ0n) is 8.98. The molecule has 2 aliphatic rings. The van der Waals surface area contributed by atoms with Crippen LogP contribution in [0, 0.1) is 0 Å². The Morgan fingerprint density at radius 3 is 2.44 bits per heavy atom. The standard InChI is InChI=1S/C12H15NO3/c13-12-7(3-8-5-15-8)1-2-11(14)10(12)4-9-6-16-9/h1-2,8-9,14H,3-6,13H2. The van der Waals surface area contributed by atoms with Crippen LogP contribution in [0.4, 0.5) is 5.69 Å². The molecule has 2 heterocycles. The number of rotatable bonds is 4. The van der Waals surface area contributed by atoms with Crippen molar-refractivity contribution in [1.29, 1.82) is 0 Å². The van der Waals surface area contributed by atoms with Gasteiger partial charge in [0.2, 0.25) is 0 Å². The van der Waals surface area contributed by atoms with E-state index in [4.69, 9.17) is 15.2 Å². The molecule has 0 saturated carbocycles. The number of nitrogens with two attached hydrogens (primary N) is 1. The number of anilines is 1. The molecular weight excluding hydrogens is 206 g/mol. The van der Waals surface area contributed by atoms with Crippen molar-refractivity contribution in [2.24, 2.45) is 0 Å². The average molecular weight is 221 g/mol. The Bertz CT molecular complexity index is 411. The fraction of sp³-hybridized carbons (Fsp3) is 0.500. The lowest BCUT2D eigenvalue weighted by Gasteiger charge is -2.11. The minimum atomic E-state index is 0.237. The Morgan fingerprint density at radius 1 is 1.19 bits per heavy atom. The summed E-state index contributed by atoms with van der Waals surface area (Å²) in [6.45, 7) is 1.59. The van der Waals surface area contributed by atoms with Gasteiger partial charge < -0.3 is 20.3 Å². The van der Waals surface area contributed by atoms with Gasteiger partial charge in [0.1, 0.15) is 5.75 Å². The topological polar surface area (TPSA) is 71.3 Å². The summed E-state index contributed by atoms with van der Waals surface area (Å²) in [5, 5.41) is 9.78. The normalized spacial score (nSPS) is 26.8. The van der Waals surface area contributed by atoms with Crippen molar-refractivity contribution in [1.82, 2.24) is 0 Å². The van der Waals surface area contributed by atoms with E-state index >= 15 is 0 Å². The van der Waals surface area contributed by atoms with Crippen molar-refractivity contribution in [3.05, 3.63) is 23.3 Å². The summed E-state index contributed by atoms with van der Waals surface area (Å²) in [5.74, 6) is 0.272. The minimum absolute atomic E-state index is 0.237. The van der Waals surface area contributed by atoms with Crippen LogP contribution in [0.25, 0.3) is 0 Å². The molecule has 1 aromatic rings. The Morgan fingerprint density at radius 2 is 1.81 bits per heavy atom. The van der Waals surface area contributed by atoms with E-state index in [2.05, 4.69) is 0 Å². The predicted octanol–water partition coefficient (Wildman–Crippen LogP) is 0.857. The first kappa shape index (κ1) is 9.93. The summed E-state index contributed by atoms with van der Waals surface area (Å²) in [7, 11) is 0. The fourth-order valence-corrected chi connectivity index (χ4v) is 1.94. The third-order valence-corrected chi connectivity index (χ3v) is 3.11. The van der Waals surface area contributed by atoms with Crippen molar-refractivity contribution in [2.75, 3.05) is 18.9 Å². The van der Waals surface area contributed by atoms with Crippen molar-refractivity contribution in [3.8, 4) is 5.75 Å². The smallest absolute Gasteiger partial charge is 0.120 e. The van der Waals surface area contributed by atoms with Crippen LogP contribution < -0.4 is 5.73 Å². The first-order valence-electron chi connectivity index (χ1n) is 5.56. The number of epoxide rings is 2. The Hall–Kier alpha value is -1.26. The zero-order valence-corrected chi connectivity index (χ0v) is 8.98. The van der Waals surface area contributed by atoms with E-state index < -0.39 is 0 Å². The highest BCUT2D eigenvalue weighted by atomic mass is 16.6. The zero-order chi connectivity index (χ0) is 11.1. The summed E-state index contributed by atoms with van der Waals surface area (Å²) >= 11 is 0. The second kappa shape index (κ2) is 3.64. The van der Waals surface area contributed by atoms with Crippen LogP contribution >= 0.6 is 0 Å². The molecular formula is C12H15NO3. The number of aromatic hydroxyl groups is 1. The lowest BCUT2D eigenvalue weighted by Crippen LogP contribution is -2.05. The van der Waals surface area contributed by atoms with Crippen molar-refractivity contribution in [2.45, 2.75) is 25.0 Å². The lowest BCUT2D eigenvalue weighted by atomic mass is 9.99. The first-order valence-corrected chi connectivity index (χ1v) is 5.56. The van der Waals surface area contributed by atoms with Gasteiger partial charge in [-0.2, -0.15) is 0 Å². The number of phenolic OH excluding ortho intramolecular Hbond substituents is 1. The van der Waals surface area contributed by atoms with Crippen molar-refractivity contribution >= 4 is 5.69 Å². The van der Waals surface area contributed by atoms with Gasteiger partial charge >= 0.3 is 0 Å². The van der Waals surface area contributed by atoms with Gasteiger partial charge in [0.05, 0.1) is 25.4 Å². The molecule has 0 bridgehead atoms. The summed E-state index contributed by atoms with van der Waals surface area (Å²) in [4.78, 5) is 0. The number of ether oxygens (including phenoxy) is 2. The molecule has 16 heavy (non-hydrogen) atoms. The van der Waals surface area contributed by atoms with Gasteiger partial charge in [-0.15, -0.1) is 0 Å². The maximum Gasteiger partial charge on any atom is 0.120 e. The minimum Gasteiger partial charge on any atom is -0.508 e. The quantitative estimate of drug-likeness (QED) is 0.584. The molecule has 2 saturated heterocycles. The number of hydrogen-bond acceptors (Lipinski definition) is 4. The molecule has 0 amide bonds. The van der Waals surface area contributed by atoms with Crippen LogP contribution in [-0.4, -0.2) is 30.5 Å². The molecule has 0 aliphatic carbocycles. The second-order valence-corrected chi connectivity index (χ2v) is 4.45. The van der Waals surface area contributed by atoms with Crippen LogP contribution in [0.2, 0.25) is 0 Å². The van der Waals surface area contributed by atoms with E-state index in [9.17, 15) is 5.11 Å². The molecule has 2 unspecified atom stereocenters. The van der Waals surface area contributed by atoms with Gasteiger partial charge in [-0.1, -0.05) is 6.07 Å². The van der Waals surface area contributed by atoms with E-state index in [1.807, 2.05) is 6.07 Å². The van der Waals surface area contributed by atoms with Crippen molar-refractivity contribution in [3.63, 3.8) is 0 Å². The fourth-order valence-electron chi connectivity index (χ4n) is 1.94. The monoisotopic (exact) mass is 221 g/mol. The maximum atomic E-state index is 9.78. The Balaban J connectivity index is 1.86. The highest BCUT2D eigenvalue weighted by Crippen LogP contribution is 2.32. The highest BCUT2D eigenvalue weighted by Gasteiger charge is 2.28. The van der Waals surface area contributed by atoms with Gasteiger partial charge in [0.25, 0.3) is 0 Å². The number of benzene rings is 1. The third kappa shape index (κ3) is 1.99. The van der Waals surface area contributed by atoms with E-state index in [1.54, 1.807) is 6.07 Å². The molecule has 86 valence electrons. The predicted molar refractivity (Wildman–Crippen MR) is 59.4 cm³/mol. The van der Waals surface area contributed by atoms with Crippen LogP contribution in [0.15, 0.2) is 12.1 Å². The SMILES string of the molecule is Nc1c(CC2CO2)ccc(O)c1CC1CO1. The molecule has 4 heteroatoms. The van der Waals surface area contributed by atoms with Crippen molar-refractivity contribution < 1.29 is 14.6 Å². The highest BCUT2D eigenvalue weighted by molar-refractivity contribution is 5.60. The Kier molecular flexibility index (Phi) is 2.26. The van der Waals surface area contributed by atoms with E-state index in [-0.39, 0.29) is 11.9 Å². The third-order valence-electron chi connectivity index (χ3n) is 3.11. The van der Waals surface area contributed by atoms with Gasteiger partial charge in [-0.25, -0.2) is 0 Å². The molecule has 4 nitrogen and oxygen atoms in total. The summed E-state index contributed by atoms with van der Waals surface area (Å²) in [6, 6.07) is 3.59. The molecule has 3 rings (SSSR count). The number of phenols is 1. The molecule has 3 N–H and O–H groups in total. The van der Waals surface area contributed by atoms with Crippen LogP contribution in [0.3, 0.4) is 0 Å². The summed E-state index contributed by atoms with van der Waals surface area (Å²) < 4.78 is 10.4. The maximum absolute atomic E-state index is 9.78. The van der Waals surface area contributed by atoms with E-state index in [0.29, 0.717) is 18.2 Å². The number of hydrogen-bond donors (Lipinski definition) is 2. The molecule has 0 spiro atoms. The van der Waals surface area contributed by atoms with Crippen LogP contribution in [0.5, 0.6) is 5.75 Å². The summed E-state index contributed by atoms with van der Waals surface area (Å²) in [6.07, 6.45) is 2.10. The van der Waals surface area contributed by atoms with Gasteiger partial charge in [0.15, 0.2) is 0 Å². The molecule has 2 aliphatic heterocycles. The van der Waals surface area contributed by atoms with Gasteiger partial charge in [-0.05, 0) is 11.6 Å². The lowest BCUT2D eigenvalue weighted by molar-refractivity contribution is 0.401. The number of nitrogen functional groups attached to an aromatic ring is 1. The molecule has 0 radical (unpaired) electrons. The van der Waals surface area contributed by atoms with Crippen LogP contribution in [-0.2, 0) is 22.3 Å².